The number of carbonyl (C=O) groups excluding carboxylic acids is 2. The van der Waals surface area contributed by atoms with Crippen LogP contribution in [0.2, 0.25) is 0 Å². The molecule has 2 N–H and O–H groups in total. The van der Waals surface area contributed by atoms with E-state index < -0.39 is 17.5 Å². The molecule has 2 saturated heterocycles. The quantitative estimate of drug-likeness (QED) is 0.713. The van der Waals surface area contributed by atoms with Crippen LogP contribution in [-0.4, -0.2) is 68.6 Å². The number of hydrogen-bond acceptors (Lipinski definition) is 4. The highest BCUT2D eigenvalue weighted by Gasteiger charge is 2.44. The third-order valence-electron chi connectivity index (χ3n) is 7.51. The molecule has 0 aliphatic carbocycles. The average Bonchev–Trinajstić information content (AvgIpc) is 3.49. The molecule has 1 unspecified atom stereocenters. The Labute approximate surface area is 197 Å². The Morgan fingerprint density at radius 2 is 2.00 bits per heavy atom. The van der Waals surface area contributed by atoms with Crippen LogP contribution in [-0.2, 0) is 6.54 Å². The SMILES string of the molecule is CC(C)[C@H]1CN2CCC[C@H]2CN1C(=O)N1Cc2c(NC(=O)c3ccc(F)cc3F)n[nH]c2C1C. The van der Waals surface area contributed by atoms with Crippen LogP contribution in [0.25, 0.3) is 0 Å². The summed E-state index contributed by atoms with van der Waals surface area (Å²) in [6.07, 6.45) is 2.29. The number of aromatic amines is 1. The highest BCUT2D eigenvalue weighted by Crippen LogP contribution is 2.38. The Bertz CT molecular complexity index is 1120. The van der Waals surface area contributed by atoms with Gasteiger partial charge in [-0.05, 0) is 44.4 Å². The van der Waals surface area contributed by atoms with Crippen molar-refractivity contribution in [1.29, 1.82) is 0 Å². The molecule has 10 heteroatoms. The molecule has 1 aromatic carbocycles. The number of piperazine rings is 1. The predicted octanol–water partition coefficient (Wildman–Crippen LogP) is 3.74. The van der Waals surface area contributed by atoms with Gasteiger partial charge >= 0.3 is 6.03 Å². The minimum atomic E-state index is -0.944. The number of anilines is 1. The summed E-state index contributed by atoms with van der Waals surface area (Å²) in [5.41, 5.74) is 1.19. The first-order chi connectivity index (χ1) is 16.2. The predicted molar refractivity (Wildman–Crippen MR) is 122 cm³/mol. The van der Waals surface area contributed by atoms with Gasteiger partial charge in [0.1, 0.15) is 11.6 Å². The lowest BCUT2D eigenvalue weighted by molar-refractivity contribution is 0.0347. The third kappa shape index (κ3) is 3.83. The molecular formula is C24H30F2N6O2. The summed E-state index contributed by atoms with van der Waals surface area (Å²) < 4.78 is 27.2. The Morgan fingerprint density at radius 3 is 2.74 bits per heavy atom. The molecule has 0 saturated carbocycles. The number of urea groups is 1. The van der Waals surface area contributed by atoms with Crippen LogP contribution in [0.15, 0.2) is 18.2 Å². The molecule has 2 aromatic rings. The van der Waals surface area contributed by atoms with Gasteiger partial charge in [-0.1, -0.05) is 13.8 Å². The second-order valence-electron chi connectivity index (χ2n) is 9.88. The Balaban J connectivity index is 1.34. The molecule has 3 atom stereocenters. The van der Waals surface area contributed by atoms with Gasteiger partial charge in [-0.2, -0.15) is 5.10 Å². The average molecular weight is 473 g/mol. The van der Waals surface area contributed by atoms with Crippen molar-refractivity contribution < 1.29 is 18.4 Å². The number of aromatic nitrogens is 2. The molecule has 5 rings (SSSR count). The topological polar surface area (TPSA) is 84.6 Å². The van der Waals surface area contributed by atoms with E-state index in [-0.39, 0.29) is 29.5 Å². The summed E-state index contributed by atoms with van der Waals surface area (Å²) in [6.45, 7) is 9.27. The zero-order valence-corrected chi connectivity index (χ0v) is 19.6. The van der Waals surface area contributed by atoms with Crippen molar-refractivity contribution in [2.45, 2.75) is 58.3 Å². The van der Waals surface area contributed by atoms with E-state index in [9.17, 15) is 18.4 Å². The van der Waals surface area contributed by atoms with Crippen molar-refractivity contribution in [2.75, 3.05) is 25.0 Å². The second kappa shape index (κ2) is 8.65. The molecule has 0 bridgehead atoms. The van der Waals surface area contributed by atoms with E-state index in [1.54, 1.807) is 4.90 Å². The van der Waals surface area contributed by atoms with E-state index in [1.807, 2.05) is 11.8 Å². The van der Waals surface area contributed by atoms with Crippen molar-refractivity contribution in [1.82, 2.24) is 24.9 Å². The van der Waals surface area contributed by atoms with Crippen LogP contribution in [0.4, 0.5) is 19.4 Å². The second-order valence-corrected chi connectivity index (χ2v) is 9.88. The molecule has 8 nitrogen and oxygen atoms in total. The van der Waals surface area contributed by atoms with Crippen LogP contribution < -0.4 is 5.32 Å². The Hall–Kier alpha value is -3.01. The minimum absolute atomic E-state index is 0.00999. The fourth-order valence-corrected chi connectivity index (χ4v) is 5.53. The van der Waals surface area contributed by atoms with E-state index in [4.69, 9.17) is 0 Å². The van der Waals surface area contributed by atoms with Gasteiger partial charge in [-0.3, -0.25) is 14.8 Å². The number of H-pyrrole nitrogens is 1. The Kier molecular flexibility index (Phi) is 5.79. The van der Waals surface area contributed by atoms with E-state index >= 15 is 0 Å². The van der Waals surface area contributed by atoms with Crippen molar-refractivity contribution in [3.05, 3.63) is 46.7 Å². The van der Waals surface area contributed by atoms with Gasteiger partial charge in [0.15, 0.2) is 5.82 Å². The molecule has 182 valence electrons. The minimum Gasteiger partial charge on any atom is -0.319 e. The van der Waals surface area contributed by atoms with E-state index in [1.165, 1.54) is 6.42 Å². The van der Waals surface area contributed by atoms with E-state index in [0.29, 0.717) is 30.1 Å². The molecule has 0 spiro atoms. The molecule has 3 aliphatic rings. The smallest absolute Gasteiger partial charge is 0.319 e. The zero-order chi connectivity index (χ0) is 24.1. The fourth-order valence-electron chi connectivity index (χ4n) is 5.53. The highest BCUT2D eigenvalue weighted by atomic mass is 19.1. The van der Waals surface area contributed by atoms with E-state index in [0.717, 1.165) is 43.9 Å². The van der Waals surface area contributed by atoms with Gasteiger partial charge in [0, 0.05) is 36.8 Å². The molecule has 34 heavy (non-hydrogen) atoms. The van der Waals surface area contributed by atoms with Gasteiger partial charge in [-0.25, -0.2) is 13.6 Å². The van der Waals surface area contributed by atoms with Crippen LogP contribution in [0.5, 0.6) is 0 Å². The lowest BCUT2D eigenvalue weighted by Gasteiger charge is -2.47. The first kappa shape index (κ1) is 22.8. The summed E-state index contributed by atoms with van der Waals surface area (Å²) in [4.78, 5) is 32.7. The summed E-state index contributed by atoms with van der Waals surface area (Å²) >= 11 is 0. The van der Waals surface area contributed by atoms with Gasteiger partial charge in [-0.15, -0.1) is 0 Å². The molecule has 2 fully saturated rings. The Morgan fingerprint density at radius 1 is 1.21 bits per heavy atom. The van der Waals surface area contributed by atoms with Gasteiger partial charge in [0.05, 0.1) is 23.8 Å². The standard InChI is InChI=1S/C24H30F2N6O2/c1-13(2)20-12-30-8-4-5-16(30)10-32(20)24(34)31-11-18-21(14(31)3)28-29-22(18)27-23(33)17-7-6-15(25)9-19(17)26/h6-7,9,13-14,16,20H,4-5,8,10-12H2,1-3H3,(H2,27,28,29,33)/t14?,16-,20+/m0/s1. The molecule has 3 amide bonds. The number of rotatable bonds is 3. The first-order valence-electron chi connectivity index (χ1n) is 11.9. The van der Waals surface area contributed by atoms with Crippen LogP contribution in [0.3, 0.4) is 0 Å². The summed E-state index contributed by atoms with van der Waals surface area (Å²) in [6, 6.07) is 3.11. The summed E-state index contributed by atoms with van der Waals surface area (Å²) in [5, 5.41) is 9.73. The molecular weight excluding hydrogens is 442 g/mol. The monoisotopic (exact) mass is 472 g/mol. The lowest BCUT2D eigenvalue weighted by atomic mass is 9.97. The summed E-state index contributed by atoms with van der Waals surface area (Å²) in [5.74, 6) is -1.83. The molecule has 4 heterocycles. The van der Waals surface area contributed by atoms with Gasteiger partial charge in [0.2, 0.25) is 0 Å². The maximum atomic E-state index is 14.0. The van der Waals surface area contributed by atoms with Crippen molar-refractivity contribution >= 4 is 17.8 Å². The lowest BCUT2D eigenvalue weighted by Crippen LogP contribution is -2.61. The van der Waals surface area contributed by atoms with Gasteiger partial charge < -0.3 is 15.1 Å². The maximum Gasteiger partial charge on any atom is 0.321 e. The molecule has 3 aliphatic heterocycles. The van der Waals surface area contributed by atoms with E-state index in [2.05, 4.69) is 34.3 Å². The van der Waals surface area contributed by atoms with Crippen LogP contribution in [0, 0.1) is 17.6 Å². The maximum absolute atomic E-state index is 14.0. The van der Waals surface area contributed by atoms with Crippen molar-refractivity contribution in [2.24, 2.45) is 5.92 Å². The molecule has 1 aromatic heterocycles. The normalized spacial score (nSPS) is 24.5. The van der Waals surface area contributed by atoms with Crippen LogP contribution in [0.1, 0.15) is 61.3 Å². The number of carbonyl (C=O) groups is 2. The first-order valence-corrected chi connectivity index (χ1v) is 11.9. The largest absolute Gasteiger partial charge is 0.321 e. The zero-order valence-electron chi connectivity index (χ0n) is 19.6. The molecule has 0 radical (unpaired) electrons. The van der Waals surface area contributed by atoms with Gasteiger partial charge in [0.25, 0.3) is 5.91 Å². The van der Waals surface area contributed by atoms with Crippen molar-refractivity contribution in [3.63, 3.8) is 0 Å². The highest BCUT2D eigenvalue weighted by molar-refractivity contribution is 6.04. The number of hydrogen-bond donors (Lipinski definition) is 2. The number of fused-ring (bicyclic) bond motifs is 2. The fraction of sp³-hybridized carbons (Fsp3) is 0.542. The number of benzene rings is 1. The number of halogens is 2. The van der Waals surface area contributed by atoms with Crippen molar-refractivity contribution in [3.8, 4) is 0 Å². The van der Waals surface area contributed by atoms with Crippen LogP contribution >= 0.6 is 0 Å². The summed E-state index contributed by atoms with van der Waals surface area (Å²) in [7, 11) is 0. The number of nitrogens with zero attached hydrogens (tertiary/aromatic N) is 4. The number of amides is 3. The third-order valence-corrected chi connectivity index (χ3v) is 7.51. The number of nitrogens with one attached hydrogen (secondary N) is 2.